The SMILES string of the molecule is CCCCn1c(-c2ccc(Cl)c(Cl)c2)nc2cc(C(=O)NCc3cc(C)oc3C(F)(F)F)ccc21. The number of aromatic nitrogens is 2. The minimum atomic E-state index is -4.64. The Balaban J connectivity index is 1.64. The number of halogens is 5. The first-order valence-electron chi connectivity index (χ1n) is 11.0. The summed E-state index contributed by atoms with van der Waals surface area (Å²) < 4.78 is 46.3. The quantitative estimate of drug-likeness (QED) is 0.270. The van der Waals surface area contributed by atoms with Gasteiger partial charge in [0.05, 0.1) is 21.1 Å². The average molecular weight is 524 g/mol. The highest BCUT2D eigenvalue weighted by Crippen LogP contribution is 2.34. The molecule has 10 heteroatoms. The zero-order valence-corrected chi connectivity index (χ0v) is 20.5. The van der Waals surface area contributed by atoms with Crippen molar-refractivity contribution in [2.24, 2.45) is 0 Å². The van der Waals surface area contributed by atoms with E-state index in [9.17, 15) is 18.0 Å². The van der Waals surface area contributed by atoms with Crippen LogP contribution in [-0.2, 0) is 19.3 Å². The van der Waals surface area contributed by atoms with E-state index in [-0.39, 0.29) is 23.4 Å². The largest absolute Gasteiger partial charge is 0.456 e. The highest BCUT2D eigenvalue weighted by atomic mass is 35.5. The summed E-state index contributed by atoms with van der Waals surface area (Å²) in [5.41, 5.74) is 2.36. The average Bonchev–Trinajstić information content (AvgIpc) is 3.37. The Kier molecular flexibility index (Phi) is 7.15. The molecule has 35 heavy (non-hydrogen) atoms. The summed E-state index contributed by atoms with van der Waals surface area (Å²) >= 11 is 12.3. The van der Waals surface area contributed by atoms with Crippen molar-refractivity contribution < 1.29 is 22.4 Å². The molecule has 0 atom stereocenters. The van der Waals surface area contributed by atoms with Gasteiger partial charge in [-0.3, -0.25) is 4.79 Å². The van der Waals surface area contributed by atoms with Crippen molar-refractivity contribution >= 4 is 40.1 Å². The van der Waals surface area contributed by atoms with Crippen molar-refractivity contribution in [3.05, 3.63) is 75.2 Å². The number of fused-ring (bicyclic) bond motifs is 1. The van der Waals surface area contributed by atoms with E-state index in [1.807, 2.05) is 6.07 Å². The fraction of sp³-hybridized carbons (Fsp3) is 0.280. The maximum atomic E-state index is 13.2. The molecule has 0 spiro atoms. The van der Waals surface area contributed by atoms with Crippen LogP contribution < -0.4 is 5.32 Å². The lowest BCUT2D eigenvalue weighted by Crippen LogP contribution is -2.23. The molecule has 4 rings (SSSR count). The number of benzene rings is 2. The van der Waals surface area contributed by atoms with Crippen molar-refractivity contribution in [3.63, 3.8) is 0 Å². The van der Waals surface area contributed by atoms with E-state index >= 15 is 0 Å². The molecule has 2 heterocycles. The predicted molar refractivity (Wildman–Crippen MR) is 130 cm³/mol. The lowest BCUT2D eigenvalue weighted by Gasteiger charge is -2.10. The van der Waals surface area contributed by atoms with Gasteiger partial charge in [-0.2, -0.15) is 13.2 Å². The number of hydrogen-bond acceptors (Lipinski definition) is 3. The van der Waals surface area contributed by atoms with Gasteiger partial charge >= 0.3 is 6.18 Å². The van der Waals surface area contributed by atoms with Gasteiger partial charge in [0, 0.05) is 29.8 Å². The third-order valence-corrected chi connectivity index (χ3v) is 6.29. The van der Waals surface area contributed by atoms with Crippen molar-refractivity contribution in [1.82, 2.24) is 14.9 Å². The monoisotopic (exact) mass is 523 g/mol. The molecule has 2 aromatic carbocycles. The third kappa shape index (κ3) is 5.33. The summed E-state index contributed by atoms with van der Waals surface area (Å²) in [5, 5.41) is 3.39. The first-order valence-corrected chi connectivity index (χ1v) is 11.7. The van der Waals surface area contributed by atoms with Crippen molar-refractivity contribution in [2.45, 2.75) is 46.0 Å². The molecule has 0 fully saturated rings. The molecule has 5 nitrogen and oxygen atoms in total. The number of carbonyl (C=O) groups is 1. The van der Waals surface area contributed by atoms with E-state index in [1.54, 1.807) is 30.3 Å². The van der Waals surface area contributed by atoms with Gasteiger partial charge < -0.3 is 14.3 Å². The van der Waals surface area contributed by atoms with E-state index in [1.165, 1.54) is 13.0 Å². The standard InChI is InChI=1S/C25H22Cl2F3N3O2/c1-3-4-9-33-21-8-6-16(12-20(21)32-23(33)15-5-7-18(26)19(27)11-15)24(34)31-13-17-10-14(2)35-22(17)25(28,29)30/h5-8,10-12H,3-4,9,13H2,1-2H3,(H,31,34). The van der Waals surface area contributed by atoms with Gasteiger partial charge in [-0.1, -0.05) is 36.5 Å². The van der Waals surface area contributed by atoms with E-state index < -0.39 is 17.8 Å². The van der Waals surface area contributed by atoms with E-state index in [2.05, 4.69) is 16.8 Å². The Morgan fingerprint density at radius 3 is 2.57 bits per heavy atom. The van der Waals surface area contributed by atoms with Gasteiger partial charge in [0.25, 0.3) is 5.91 Å². The molecule has 0 bridgehead atoms. The van der Waals surface area contributed by atoms with Crippen molar-refractivity contribution in [2.75, 3.05) is 0 Å². The molecule has 4 aromatic rings. The number of imidazole rings is 1. The van der Waals surface area contributed by atoms with Gasteiger partial charge in [0.2, 0.25) is 5.76 Å². The third-order valence-electron chi connectivity index (χ3n) is 5.55. The molecular weight excluding hydrogens is 502 g/mol. The molecule has 0 aliphatic carbocycles. The summed E-state index contributed by atoms with van der Waals surface area (Å²) in [6.45, 7) is 3.91. The van der Waals surface area contributed by atoms with Gasteiger partial charge in [-0.25, -0.2) is 4.98 Å². The number of nitrogens with zero attached hydrogens (tertiary/aromatic N) is 2. The molecular formula is C25H22Cl2F3N3O2. The smallest absolute Gasteiger partial charge is 0.449 e. The van der Waals surface area contributed by atoms with Crippen molar-refractivity contribution in [1.29, 1.82) is 0 Å². The van der Waals surface area contributed by atoms with Crippen LogP contribution in [0.2, 0.25) is 10.0 Å². The number of amides is 1. The highest BCUT2D eigenvalue weighted by molar-refractivity contribution is 6.42. The minimum absolute atomic E-state index is 0.121. The van der Waals surface area contributed by atoms with Crippen LogP contribution in [0.1, 0.15) is 47.2 Å². The van der Waals surface area contributed by atoms with Crippen LogP contribution in [0, 0.1) is 6.92 Å². The van der Waals surface area contributed by atoms with Crippen LogP contribution >= 0.6 is 23.2 Å². The number of hydrogen-bond donors (Lipinski definition) is 1. The molecule has 184 valence electrons. The van der Waals surface area contributed by atoms with Gasteiger partial charge in [0.1, 0.15) is 11.6 Å². The van der Waals surface area contributed by atoms with Crippen LogP contribution in [0.25, 0.3) is 22.4 Å². The predicted octanol–water partition coefficient (Wildman–Crippen LogP) is 7.66. The lowest BCUT2D eigenvalue weighted by atomic mass is 10.1. The molecule has 0 radical (unpaired) electrons. The van der Waals surface area contributed by atoms with Crippen LogP contribution in [-0.4, -0.2) is 15.5 Å². The maximum absolute atomic E-state index is 13.2. The van der Waals surface area contributed by atoms with Gasteiger partial charge in [0.15, 0.2) is 0 Å². The fourth-order valence-corrected chi connectivity index (χ4v) is 4.18. The summed E-state index contributed by atoms with van der Waals surface area (Å²) in [6.07, 6.45) is -2.73. The van der Waals surface area contributed by atoms with Gasteiger partial charge in [-0.05, 0) is 55.8 Å². The first-order chi connectivity index (χ1) is 16.6. The van der Waals surface area contributed by atoms with Gasteiger partial charge in [-0.15, -0.1) is 0 Å². The summed E-state index contributed by atoms with van der Waals surface area (Å²) in [4.78, 5) is 17.5. The summed E-state index contributed by atoms with van der Waals surface area (Å²) in [5.74, 6) is -0.812. The molecule has 0 saturated heterocycles. The first kappa shape index (κ1) is 25.1. The summed E-state index contributed by atoms with van der Waals surface area (Å²) in [6, 6.07) is 11.6. The number of alkyl halides is 3. The molecule has 0 unspecified atom stereocenters. The normalized spacial score (nSPS) is 11.9. The number of carbonyl (C=O) groups excluding carboxylic acids is 1. The van der Waals surface area contributed by atoms with E-state index in [4.69, 9.17) is 32.6 Å². The van der Waals surface area contributed by atoms with E-state index in [0.717, 1.165) is 23.9 Å². The molecule has 0 saturated carbocycles. The number of aryl methyl sites for hydroxylation is 2. The Labute approximate surface area is 209 Å². The van der Waals surface area contributed by atoms with E-state index in [0.29, 0.717) is 27.9 Å². The number of nitrogens with one attached hydrogen (secondary N) is 1. The summed E-state index contributed by atoms with van der Waals surface area (Å²) in [7, 11) is 0. The maximum Gasteiger partial charge on any atom is 0.449 e. The molecule has 2 aromatic heterocycles. The molecule has 1 N–H and O–H groups in total. The fourth-order valence-electron chi connectivity index (χ4n) is 3.88. The van der Waals surface area contributed by atoms with Crippen LogP contribution in [0.5, 0.6) is 0 Å². The second kappa shape index (κ2) is 9.95. The van der Waals surface area contributed by atoms with Crippen LogP contribution in [0.4, 0.5) is 13.2 Å². The Hall–Kier alpha value is -2.97. The zero-order chi connectivity index (χ0) is 25.3. The lowest BCUT2D eigenvalue weighted by molar-refractivity contribution is -0.154. The number of furan rings is 1. The van der Waals surface area contributed by atoms with Crippen LogP contribution in [0.15, 0.2) is 46.9 Å². The highest BCUT2D eigenvalue weighted by Gasteiger charge is 2.38. The molecule has 1 amide bonds. The Bertz CT molecular complexity index is 1390. The Morgan fingerprint density at radius 1 is 1.11 bits per heavy atom. The Morgan fingerprint density at radius 2 is 1.89 bits per heavy atom. The zero-order valence-electron chi connectivity index (χ0n) is 19.0. The second-order valence-electron chi connectivity index (χ2n) is 8.16. The number of unbranched alkanes of at least 4 members (excludes halogenated alkanes) is 1. The topological polar surface area (TPSA) is 60.1 Å². The van der Waals surface area contributed by atoms with Crippen LogP contribution in [0.3, 0.4) is 0 Å². The molecule has 0 aliphatic heterocycles. The van der Waals surface area contributed by atoms with Crippen molar-refractivity contribution in [3.8, 4) is 11.4 Å². The second-order valence-corrected chi connectivity index (χ2v) is 8.98. The number of rotatable bonds is 7. The molecule has 0 aliphatic rings. The minimum Gasteiger partial charge on any atom is -0.456 e.